The van der Waals surface area contributed by atoms with Crippen LogP contribution in [0, 0.1) is 5.92 Å². The molecule has 1 aromatic heterocycles. The zero-order valence-corrected chi connectivity index (χ0v) is 18.5. The summed E-state index contributed by atoms with van der Waals surface area (Å²) in [5.74, 6) is 1.83. The maximum absolute atomic E-state index is 12.9. The third-order valence-electron chi connectivity index (χ3n) is 5.92. The van der Waals surface area contributed by atoms with Crippen molar-refractivity contribution in [1.82, 2.24) is 15.3 Å². The third-order valence-corrected chi connectivity index (χ3v) is 5.92. The first-order valence-electron chi connectivity index (χ1n) is 11.2. The molecule has 1 saturated heterocycles. The summed E-state index contributed by atoms with van der Waals surface area (Å²) in [7, 11) is 1.62. The van der Waals surface area contributed by atoms with E-state index in [0.29, 0.717) is 36.3 Å². The van der Waals surface area contributed by atoms with E-state index >= 15 is 0 Å². The Labute approximate surface area is 189 Å². The number of piperidine rings is 1. The summed E-state index contributed by atoms with van der Waals surface area (Å²) in [6.07, 6.45) is 4.90. The third kappa shape index (κ3) is 5.51. The Kier molecular flexibility index (Phi) is 7.46. The van der Waals surface area contributed by atoms with Crippen LogP contribution in [0.4, 0.5) is 5.82 Å². The first-order chi connectivity index (χ1) is 15.7. The molecule has 0 unspecified atom stereocenters. The first-order valence-corrected chi connectivity index (χ1v) is 11.2. The summed E-state index contributed by atoms with van der Waals surface area (Å²) in [6, 6.07) is 20.6. The average molecular weight is 431 g/mol. The van der Waals surface area contributed by atoms with Gasteiger partial charge in [-0.25, -0.2) is 9.97 Å². The summed E-state index contributed by atoms with van der Waals surface area (Å²) in [5, 5.41) is 2.91. The topological polar surface area (TPSA) is 67.3 Å². The van der Waals surface area contributed by atoms with Gasteiger partial charge in [0.15, 0.2) is 5.82 Å². The monoisotopic (exact) mass is 430 g/mol. The van der Waals surface area contributed by atoms with Gasteiger partial charge in [-0.2, -0.15) is 0 Å². The van der Waals surface area contributed by atoms with Crippen molar-refractivity contribution < 1.29 is 9.53 Å². The van der Waals surface area contributed by atoms with Gasteiger partial charge < -0.3 is 15.0 Å². The number of nitrogens with zero attached hydrogens (tertiary/aromatic N) is 3. The van der Waals surface area contributed by atoms with Crippen LogP contribution in [0.2, 0.25) is 0 Å². The largest absolute Gasteiger partial charge is 0.383 e. The fraction of sp³-hybridized carbons (Fsp3) is 0.346. The Balaban J connectivity index is 1.53. The molecule has 1 aliphatic rings. The van der Waals surface area contributed by atoms with Crippen LogP contribution >= 0.6 is 0 Å². The number of benzene rings is 2. The van der Waals surface area contributed by atoms with E-state index < -0.39 is 0 Å². The normalized spacial score (nSPS) is 14.3. The first kappa shape index (κ1) is 22.0. The average Bonchev–Trinajstić information content (AvgIpc) is 2.85. The van der Waals surface area contributed by atoms with Crippen molar-refractivity contribution in [3.63, 3.8) is 0 Å². The van der Waals surface area contributed by atoms with Crippen LogP contribution in [-0.2, 0) is 11.2 Å². The molecule has 0 spiro atoms. The number of hydrogen-bond acceptors (Lipinski definition) is 5. The molecule has 1 N–H and O–H groups in total. The lowest BCUT2D eigenvalue weighted by Crippen LogP contribution is -2.37. The number of nitrogens with one attached hydrogen (secondary N) is 1. The summed E-state index contributed by atoms with van der Waals surface area (Å²) in [5.41, 5.74) is 2.85. The molecule has 0 radical (unpaired) electrons. The number of rotatable bonds is 8. The van der Waals surface area contributed by atoms with Gasteiger partial charge in [0.25, 0.3) is 5.91 Å². The van der Waals surface area contributed by atoms with Crippen molar-refractivity contribution in [1.29, 1.82) is 0 Å². The van der Waals surface area contributed by atoms with Crippen LogP contribution in [0.25, 0.3) is 11.4 Å². The smallest absolute Gasteiger partial charge is 0.256 e. The Bertz CT molecular complexity index is 1000. The minimum Gasteiger partial charge on any atom is -0.383 e. The molecule has 2 heterocycles. The number of aromatic nitrogens is 2. The molecular formula is C26H30N4O2. The van der Waals surface area contributed by atoms with Gasteiger partial charge in [0, 0.05) is 38.5 Å². The number of hydrogen-bond donors (Lipinski definition) is 1. The zero-order chi connectivity index (χ0) is 22.2. The van der Waals surface area contributed by atoms with Crippen molar-refractivity contribution in [2.24, 2.45) is 5.92 Å². The maximum atomic E-state index is 12.9. The van der Waals surface area contributed by atoms with Crippen molar-refractivity contribution in [3.8, 4) is 11.4 Å². The summed E-state index contributed by atoms with van der Waals surface area (Å²) in [6.45, 7) is 2.67. The number of methoxy groups -OCH3 is 1. The molecule has 0 bridgehead atoms. The highest BCUT2D eigenvalue weighted by Gasteiger charge is 2.25. The molecule has 0 atom stereocenters. The molecule has 3 aromatic rings. The number of carbonyl (C=O) groups is 1. The SMILES string of the molecule is COCCNC(=O)c1cnc(-c2ccccc2)nc1N1CCC(Cc2ccccc2)CC1. The summed E-state index contributed by atoms with van der Waals surface area (Å²) in [4.78, 5) is 24.4. The quantitative estimate of drug-likeness (QED) is 0.548. The predicted octanol–water partition coefficient (Wildman–Crippen LogP) is 3.98. The second kappa shape index (κ2) is 10.9. The zero-order valence-electron chi connectivity index (χ0n) is 18.5. The van der Waals surface area contributed by atoms with Gasteiger partial charge in [-0.15, -0.1) is 0 Å². The van der Waals surface area contributed by atoms with Gasteiger partial charge in [-0.05, 0) is 30.7 Å². The van der Waals surface area contributed by atoms with Gasteiger partial charge in [0.05, 0.1) is 6.61 Å². The van der Waals surface area contributed by atoms with Crippen LogP contribution in [0.15, 0.2) is 66.9 Å². The molecule has 4 rings (SSSR count). The molecule has 1 fully saturated rings. The molecule has 0 aliphatic carbocycles. The number of amides is 1. The van der Waals surface area contributed by atoms with Gasteiger partial charge in [-0.1, -0.05) is 60.7 Å². The second-order valence-corrected chi connectivity index (χ2v) is 8.17. The highest BCUT2D eigenvalue weighted by molar-refractivity contribution is 5.99. The fourth-order valence-corrected chi connectivity index (χ4v) is 4.16. The minimum atomic E-state index is -0.164. The van der Waals surface area contributed by atoms with Gasteiger partial charge in [0.1, 0.15) is 11.4 Å². The van der Waals surface area contributed by atoms with Crippen LogP contribution < -0.4 is 10.2 Å². The van der Waals surface area contributed by atoms with Crippen molar-refractivity contribution in [2.45, 2.75) is 19.3 Å². The molecule has 1 aliphatic heterocycles. The number of carbonyl (C=O) groups excluding carboxylic acids is 1. The fourth-order valence-electron chi connectivity index (χ4n) is 4.16. The van der Waals surface area contributed by atoms with Gasteiger partial charge in [-0.3, -0.25) is 4.79 Å². The second-order valence-electron chi connectivity index (χ2n) is 8.17. The van der Waals surface area contributed by atoms with Crippen molar-refractivity contribution in [3.05, 3.63) is 78.0 Å². The van der Waals surface area contributed by atoms with Gasteiger partial charge in [0.2, 0.25) is 0 Å². The molecule has 166 valence electrons. The Morgan fingerprint density at radius 1 is 1.06 bits per heavy atom. The van der Waals surface area contributed by atoms with Crippen LogP contribution in [0.5, 0.6) is 0 Å². The lowest BCUT2D eigenvalue weighted by molar-refractivity contribution is 0.0937. The molecule has 32 heavy (non-hydrogen) atoms. The highest BCUT2D eigenvalue weighted by Crippen LogP contribution is 2.28. The summed E-state index contributed by atoms with van der Waals surface area (Å²) >= 11 is 0. The van der Waals surface area contributed by atoms with Crippen LogP contribution in [0.3, 0.4) is 0 Å². The molecular weight excluding hydrogens is 400 g/mol. The van der Waals surface area contributed by atoms with Crippen LogP contribution in [-0.4, -0.2) is 49.2 Å². The van der Waals surface area contributed by atoms with E-state index in [1.165, 1.54) is 5.56 Å². The minimum absolute atomic E-state index is 0.164. The molecule has 0 saturated carbocycles. The van der Waals surface area contributed by atoms with Crippen molar-refractivity contribution >= 4 is 11.7 Å². The molecule has 1 amide bonds. The lowest BCUT2D eigenvalue weighted by Gasteiger charge is -2.34. The van der Waals surface area contributed by atoms with E-state index in [1.807, 2.05) is 30.3 Å². The van der Waals surface area contributed by atoms with Gasteiger partial charge >= 0.3 is 0 Å². The Hall–Kier alpha value is -3.25. The summed E-state index contributed by atoms with van der Waals surface area (Å²) < 4.78 is 5.06. The van der Waals surface area contributed by atoms with E-state index in [0.717, 1.165) is 37.9 Å². The highest BCUT2D eigenvalue weighted by atomic mass is 16.5. The van der Waals surface area contributed by atoms with E-state index in [4.69, 9.17) is 9.72 Å². The molecule has 6 nitrogen and oxygen atoms in total. The van der Waals surface area contributed by atoms with E-state index in [9.17, 15) is 4.79 Å². The van der Waals surface area contributed by atoms with E-state index in [1.54, 1.807) is 13.3 Å². The predicted molar refractivity (Wildman–Crippen MR) is 127 cm³/mol. The van der Waals surface area contributed by atoms with E-state index in [2.05, 4.69) is 45.5 Å². The number of ether oxygens (including phenoxy) is 1. The molecule has 6 heteroatoms. The number of anilines is 1. The Morgan fingerprint density at radius 3 is 2.44 bits per heavy atom. The lowest BCUT2D eigenvalue weighted by atomic mass is 9.90. The molecule has 2 aromatic carbocycles. The Morgan fingerprint density at radius 2 is 1.75 bits per heavy atom. The van der Waals surface area contributed by atoms with Crippen LogP contribution in [0.1, 0.15) is 28.8 Å². The standard InChI is InChI=1S/C26H30N4O2/c1-32-17-14-27-26(31)23-19-28-24(22-10-6-3-7-11-22)29-25(23)30-15-12-21(13-16-30)18-20-8-4-2-5-9-20/h2-11,19,21H,12-18H2,1H3,(H,27,31). The van der Waals surface area contributed by atoms with Crippen molar-refractivity contribution in [2.75, 3.05) is 38.3 Å². The van der Waals surface area contributed by atoms with E-state index in [-0.39, 0.29) is 5.91 Å². The maximum Gasteiger partial charge on any atom is 0.256 e.